The summed E-state index contributed by atoms with van der Waals surface area (Å²) < 4.78 is 26.5. The van der Waals surface area contributed by atoms with Crippen LogP contribution in [0.15, 0.2) is 97.1 Å². The van der Waals surface area contributed by atoms with Gasteiger partial charge in [0.1, 0.15) is 0 Å². The molecule has 2 atom stereocenters. The summed E-state index contributed by atoms with van der Waals surface area (Å²) in [4.78, 5) is 0. The molecule has 4 nitrogen and oxygen atoms in total. The van der Waals surface area contributed by atoms with Crippen LogP contribution in [0.5, 0.6) is 0 Å². The smallest absolute Gasteiger partial charge is 0.437 e. The molecule has 45 heavy (non-hydrogen) atoms. The minimum absolute atomic E-state index is 0. The average Bonchev–Trinajstić information content (AvgIpc) is 3.63. The third-order valence-corrected chi connectivity index (χ3v) is 31.1. The van der Waals surface area contributed by atoms with Gasteiger partial charge in [0.05, 0.1) is 0 Å². The first-order valence-corrected chi connectivity index (χ1v) is 33.1. The Kier molecular flexibility index (Phi) is 14.3. The zero-order valence-corrected chi connectivity index (χ0v) is 36.5. The number of rotatable bonds is 12. The molecule has 0 heterocycles. The fourth-order valence-electron chi connectivity index (χ4n) is 6.09. The Balaban J connectivity index is 0.000000307. The summed E-state index contributed by atoms with van der Waals surface area (Å²) in [7, 11) is -12.0. The maximum absolute atomic E-state index is 6.63. The summed E-state index contributed by atoms with van der Waals surface area (Å²) in [5, 5.41) is 2.65. The zero-order chi connectivity index (χ0) is 32.9. The fourth-order valence-corrected chi connectivity index (χ4v) is 33.2. The molecule has 11 heteroatoms. The molecular weight excluding hydrogens is 697 g/mol. The molecule has 2 aromatic carbocycles. The number of hydrogen-bond acceptors (Lipinski definition) is 4. The molecule has 2 aliphatic carbocycles. The summed E-state index contributed by atoms with van der Waals surface area (Å²) in [6.07, 6.45) is 19.3. The molecule has 0 bridgehead atoms. The van der Waals surface area contributed by atoms with Gasteiger partial charge in [-0.25, -0.2) is 24.3 Å². The molecule has 0 amide bonds. The standard InChI is InChI=1S/2C17H27O2Si3.Fe/c2*1-20(2,16-12-8-7-9-13-16)18-22(5,6)19-21(3,4)17-14-10-11-15-17;/h2*7-14,17H,1-6H3;/q2*-1;+2. The monoisotopic (exact) mass is 750 g/mol. The van der Waals surface area contributed by atoms with Gasteiger partial charge < -0.3 is 16.5 Å². The second-order valence-corrected chi connectivity index (χ2v) is 38.3. The van der Waals surface area contributed by atoms with Crippen LogP contribution in [0, 0.1) is 12.2 Å². The predicted octanol–water partition coefficient (Wildman–Crippen LogP) is 8.67. The van der Waals surface area contributed by atoms with E-state index in [0.717, 1.165) is 0 Å². The zero-order valence-electron chi connectivity index (χ0n) is 29.4. The van der Waals surface area contributed by atoms with E-state index in [1.165, 1.54) is 10.4 Å². The van der Waals surface area contributed by atoms with Crippen molar-refractivity contribution < 1.29 is 33.5 Å². The van der Waals surface area contributed by atoms with E-state index in [0.29, 0.717) is 11.1 Å². The summed E-state index contributed by atoms with van der Waals surface area (Å²) in [6, 6.07) is 21.2. The van der Waals surface area contributed by atoms with Crippen LogP contribution in [0.1, 0.15) is 0 Å². The van der Waals surface area contributed by atoms with Crippen LogP contribution in [0.3, 0.4) is 0 Å². The summed E-state index contributed by atoms with van der Waals surface area (Å²) >= 11 is 0. The maximum atomic E-state index is 6.63. The Bertz CT molecular complexity index is 1210. The van der Waals surface area contributed by atoms with Gasteiger partial charge >= 0.3 is 34.2 Å². The van der Waals surface area contributed by atoms with Crippen LogP contribution >= 0.6 is 0 Å². The van der Waals surface area contributed by atoms with Gasteiger partial charge in [0.15, 0.2) is 16.6 Å². The molecule has 0 spiro atoms. The topological polar surface area (TPSA) is 36.9 Å². The molecule has 2 aliphatic rings. The molecular formula is C34H54FeO4Si6. The average molecular weight is 751 g/mol. The van der Waals surface area contributed by atoms with Gasteiger partial charge in [0, 0.05) is 0 Å². The van der Waals surface area contributed by atoms with Gasteiger partial charge in [-0.1, -0.05) is 71.7 Å². The van der Waals surface area contributed by atoms with Crippen molar-refractivity contribution in [3.8, 4) is 0 Å². The van der Waals surface area contributed by atoms with Crippen molar-refractivity contribution in [2.24, 2.45) is 0 Å². The molecule has 0 saturated heterocycles. The van der Waals surface area contributed by atoms with Crippen LogP contribution in [-0.4, -0.2) is 50.4 Å². The Morgan fingerprint density at radius 3 is 1.04 bits per heavy atom. The minimum Gasteiger partial charge on any atom is -0.437 e. The summed E-state index contributed by atoms with van der Waals surface area (Å²) in [5.74, 6) is 0. The quantitative estimate of drug-likeness (QED) is 0.161. The first kappa shape index (κ1) is 40.2. The summed E-state index contributed by atoms with van der Waals surface area (Å²) in [6.45, 7) is 26.8. The number of hydrogen-bond donors (Lipinski definition) is 0. The molecule has 246 valence electrons. The Morgan fingerprint density at radius 2 is 0.778 bits per heavy atom. The molecule has 0 radical (unpaired) electrons. The van der Waals surface area contributed by atoms with Gasteiger partial charge in [-0.05, 0) is 88.9 Å². The third kappa shape index (κ3) is 12.2. The molecule has 0 N–H and O–H groups in total. The molecule has 2 aromatic rings. The van der Waals surface area contributed by atoms with Crippen molar-refractivity contribution in [1.29, 1.82) is 0 Å². The second-order valence-electron chi connectivity index (χ2n) is 14.6. The Hall–Kier alpha value is -0.939. The first-order chi connectivity index (χ1) is 20.2. The van der Waals surface area contributed by atoms with Gasteiger partial charge in [-0.15, -0.1) is 0 Å². The molecule has 2 unspecified atom stereocenters. The van der Waals surface area contributed by atoms with Crippen LogP contribution in [0.4, 0.5) is 0 Å². The largest absolute Gasteiger partial charge is 2.00 e. The number of allylic oxidation sites excluding steroid dienone is 8. The predicted molar refractivity (Wildman–Crippen MR) is 203 cm³/mol. The third-order valence-electron chi connectivity index (χ3n) is 7.81. The van der Waals surface area contributed by atoms with E-state index in [1.807, 2.05) is 12.2 Å². The molecule has 0 aromatic heterocycles. The van der Waals surface area contributed by atoms with Gasteiger partial charge in [-0.3, -0.25) is 12.2 Å². The normalized spacial score (nSPS) is 18.5. The Morgan fingerprint density at radius 1 is 0.467 bits per heavy atom. The van der Waals surface area contributed by atoms with Crippen LogP contribution < -0.4 is 10.4 Å². The maximum Gasteiger partial charge on any atom is 2.00 e. The van der Waals surface area contributed by atoms with Crippen LogP contribution in [-0.2, 0) is 33.5 Å². The van der Waals surface area contributed by atoms with Gasteiger partial charge in [-0.2, -0.15) is 12.2 Å². The summed E-state index contributed by atoms with van der Waals surface area (Å²) in [5.41, 5.74) is 0.675. The Labute approximate surface area is 291 Å². The van der Waals surface area contributed by atoms with Crippen LogP contribution in [0.2, 0.25) is 89.6 Å². The van der Waals surface area contributed by atoms with Crippen molar-refractivity contribution in [3.05, 3.63) is 109 Å². The van der Waals surface area contributed by atoms with Crippen LogP contribution in [0.25, 0.3) is 0 Å². The van der Waals surface area contributed by atoms with E-state index in [4.69, 9.17) is 16.5 Å². The SMILES string of the molecule is C[Si](C)(O[Si](C)(C)c1ccccc1)O[Si](C)(C)C1[C-]=CC=C1.C[Si](C)(O[Si](C)(C)c1ccccc1)O[Si](C)(C)C1[C-]=CC=C1.[Fe+2]. The minimum atomic E-state index is -2.19. The van der Waals surface area contributed by atoms with E-state index >= 15 is 0 Å². The van der Waals surface area contributed by atoms with E-state index in [1.54, 1.807) is 0 Å². The molecule has 0 fully saturated rings. The van der Waals surface area contributed by atoms with E-state index in [2.05, 4.69) is 176 Å². The van der Waals surface area contributed by atoms with Gasteiger partial charge in [0.2, 0.25) is 16.6 Å². The molecule has 0 aliphatic heterocycles. The van der Waals surface area contributed by atoms with E-state index in [-0.39, 0.29) is 17.1 Å². The molecule has 4 rings (SSSR count). The van der Waals surface area contributed by atoms with E-state index in [9.17, 15) is 0 Å². The van der Waals surface area contributed by atoms with E-state index < -0.39 is 50.4 Å². The van der Waals surface area contributed by atoms with Gasteiger partial charge in [0.25, 0.3) is 0 Å². The number of benzene rings is 2. The van der Waals surface area contributed by atoms with Crippen molar-refractivity contribution in [2.75, 3.05) is 0 Å². The first-order valence-electron chi connectivity index (χ1n) is 15.7. The van der Waals surface area contributed by atoms with Crippen molar-refractivity contribution in [2.45, 2.75) is 89.6 Å². The second kappa shape index (κ2) is 16.0. The molecule has 0 saturated carbocycles. The van der Waals surface area contributed by atoms with Crippen molar-refractivity contribution >= 4 is 60.8 Å². The van der Waals surface area contributed by atoms with Crippen molar-refractivity contribution in [1.82, 2.24) is 0 Å². The van der Waals surface area contributed by atoms with Crippen molar-refractivity contribution in [3.63, 3.8) is 0 Å². The fraction of sp³-hybridized carbons (Fsp3) is 0.412.